The molecule has 1 aliphatic carbocycles. The summed E-state index contributed by atoms with van der Waals surface area (Å²) >= 11 is 0. The highest BCUT2D eigenvalue weighted by Crippen LogP contribution is 2.47. The fraction of sp³-hybridized carbons (Fsp3) is 0.533. The first-order valence-corrected chi connectivity index (χ1v) is 6.86. The van der Waals surface area contributed by atoms with E-state index in [4.69, 9.17) is 5.73 Å². The van der Waals surface area contributed by atoms with Crippen LogP contribution < -0.4 is 5.73 Å². The number of nitrogens with zero attached hydrogens (tertiary/aromatic N) is 2. The molecule has 0 spiro atoms. The summed E-state index contributed by atoms with van der Waals surface area (Å²) in [4.78, 5) is 6.62. The Morgan fingerprint density at radius 2 is 1.94 bits per heavy atom. The van der Waals surface area contributed by atoms with Gasteiger partial charge in [0, 0.05) is 19.6 Å². The monoisotopic (exact) mass is 245 g/mol. The molecular weight excluding hydrogens is 222 g/mol. The van der Waals surface area contributed by atoms with E-state index in [1.807, 2.05) is 0 Å². The van der Waals surface area contributed by atoms with Crippen molar-refractivity contribution in [3.63, 3.8) is 0 Å². The predicted molar refractivity (Wildman–Crippen MR) is 76.7 cm³/mol. The third-order valence-corrected chi connectivity index (χ3v) is 3.73. The van der Waals surface area contributed by atoms with Crippen LogP contribution >= 0.6 is 0 Å². The highest BCUT2D eigenvalue weighted by atomic mass is 15.2. The van der Waals surface area contributed by atoms with Gasteiger partial charge in [-0.2, -0.15) is 0 Å². The Morgan fingerprint density at radius 1 is 1.28 bits per heavy atom. The fourth-order valence-corrected chi connectivity index (χ4v) is 2.42. The summed E-state index contributed by atoms with van der Waals surface area (Å²) in [6.07, 6.45) is 1.25. The van der Waals surface area contributed by atoms with Crippen LogP contribution in [0.2, 0.25) is 0 Å². The maximum absolute atomic E-state index is 5.98. The molecule has 1 aliphatic rings. The average Bonchev–Trinajstić information content (AvgIpc) is 3.18. The summed E-state index contributed by atoms with van der Waals surface area (Å²) in [5.41, 5.74) is 7.42. The summed E-state index contributed by atoms with van der Waals surface area (Å²) in [6, 6.07) is 10.7. The van der Waals surface area contributed by atoms with Gasteiger partial charge in [-0.15, -0.1) is 0 Å². The van der Waals surface area contributed by atoms with E-state index in [2.05, 4.69) is 54.1 Å². The largest absolute Gasteiger partial charge is 0.370 e. The first-order chi connectivity index (χ1) is 8.76. The second kappa shape index (κ2) is 5.89. The zero-order chi connectivity index (χ0) is 13.0. The predicted octanol–water partition coefficient (Wildman–Crippen LogP) is 2.45. The highest BCUT2D eigenvalue weighted by molar-refractivity contribution is 5.78. The number of hydrogen-bond donors (Lipinski definition) is 1. The molecule has 3 nitrogen and oxygen atoms in total. The summed E-state index contributed by atoms with van der Waals surface area (Å²) in [7, 11) is 0. The molecule has 1 saturated carbocycles. The summed E-state index contributed by atoms with van der Waals surface area (Å²) in [5.74, 6) is 2.07. The van der Waals surface area contributed by atoms with Crippen molar-refractivity contribution in [3.8, 4) is 0 Å². The Labute approximate surface area is 110 Å². The standard InChI is InChI=1S/C15H23N3/c1-3-18(4-2)15(16)17-11-13-10-14(13)12-8-6-5-7-9-12/h5-9,13-14H,3-4,10-11H2,1-2H3,(H2,16,17). The van der Waals surface area contributed by atoms with Gasteiger partial charge in [0.2, 0.25) is 0 Å². The lowest BCUT2D eigenvalue weighted by Crippen LogP contribution is -2.37. The van der Waals surface area contributed by atoms with Crippen LogP contribution in [0.1, 0.15) is 31.7 Å². The fourth-order valence-electron chi connectivity index (χ4n) is 2.42. The summed E-state index contributed by atoms with van der Waals surface area (Å²) in [6.45, 7) is 6.94. The van der Waals surface area contributed by atoms with Crippen molar-refractivity contribution < 1.29 is 0 Å². The van der Waals surface area contributed by atoms with E-state index < -0.39 is 0 Å². The molecule has 1 aromatic carbocycles. The molecule has 18 heavy (non-hydrogen) atoms. The minimum atomic E-state index is 0.682. The molecule has 1 fully saturated rings. The lowest BCUT2D eigenvalue weighted by molar-refractivity contribution is 0.457. The van der Waals surface area contributed by atoms with Crippen molar-refractivity contribution in [2.75, 3.05) is 19.6 Å². The molecule has 0 aromatic heterocycles. The molecule has 0 aliphatic heterocycles. The topological polar surface area (TPSA) is 41.6 Å². The van der Waals surface area contributed by atoms with Gasteiger partial charge in [0.25, 0.3) is 0 Å². The van der Waals surface area contributed by atoms with Gasteiger partial charge in [0.05, 0.1) is 0 Å². The van der Waals surface area contributed by atoms with Crippen LogP contribution in [0.5, 0.6) is 0 Å². The van der Waals surface area contributed by atoms with Crippen LogP contribution in [-0.2, 0) is 0 Å². The Kier molecular flexibility index (Phi) is 4.24. The second-order valence-electron chi connectivity index (χ2n) is 4.88. The Hall–Kier alpha value is -1.51. The van der Waals surface area contributed by atoms with Gasteiger partial charge in [0.15, 0.2) is 5.96 Å². The normalized spacial score (nSPS) is 22.9. The zero-order valence-corrected chi connectivity index (χ0v) is 11.3. The average molecular weight is 245 g/mol. The van der Waals surface area contributed by atoms with Crippen LogP contribution in [0.25, 0.3) is 0 Å². The Balaban J connectivity index is 1.85. The molecule has 98 valence electrons. The van der Waals surface area contributed by atoms with Crippen LogP contribution in [0, 0.1) is 5.92 Å². The smallest absolute Gasteiger partial charge is 0.191 e. The molecule has 2 N–H and O–H groups in total. The number of rotatable bonds is 5. The van der Waals surface area contributed by atoms with E-state index >= 15 is 0 Å². The minimum absolute atomic E-state index is 0.682. The van der Waals surface area contributed by atoms with Crippen LogP contribution in [0.15, 0.2) is 35.3 Å². The van der Waals surface area contributed by atoms with Gasteiger partial charge >= 0.3 is 0 Å². The van der Waals surface area contributed by atoms with Gasteiger partial charge in [0.1, 0.15) is 0 Å². The molecule has 2 unspecified atom stereocenters. The SMILES string of the molecule is CCN(CC)C(N)=NCC1CC1c1ccccc1. The summed E-state index contributed by atoms with van der Waals surface area (Å²) < 4.78 is 0. The van der Waals surface area contributed by atoms with Gasteiger partial charge in [-0.3, -0.25) is 4.99 Å². The molecule has 2 rings (SSSR count). The molecule has 0 amide bonds. The number of benzene rings is 1. The molecule has 1 aromatic rings. The molecule has 3 heteroatoms. The molecule has 0 saturated heterocycles. The van der Waals surface area contributed by atoms with E-state index in [1.165, 1.54) is 12.0 Å². The van der Waals surface area contributed by atoms with Crippen molar-refractivity contribution in [1.29, 1.82) is 0 Å². The van der Waals surface area contributed by atoms with E-state index in [9.17, 15) is 0 Å². The molecule has 0 heterocycles. The van der Waals surface area contributed by atoms with E-state index in [0.717, 1.165) is 19.6 Å². The van der Waals surface area contributed by atoms with Crippen molar-refractivity contribution in [1.82, 2.24) is 4.90 Å². The maximum atomic E-state index is 5.98. The summed E-state index contributed by atoms with van der Waals surface area (Å²) in [5, 5.41) is 0. The molecule has 2 atom stereocenters. The maximum Gasteiger partial charge on any atom is 0.191 e. The molecule has 0 bridgehead atoms. The van der Waals surface area contributed by atoms with Crippen LogP contribution in [0.4, 0.5) is 0 Å². The third kappa shape index (κ3) is 3.03. The van der Waals surface area contributed by atoms with Crippen LogP contribution in [-0.4, -0.2) is 30.5 Å². The van der Waals surface area contributed by atoms with Crippen molar-refractivity contribution in [2.45, 2.75) is 26.2 Å². The Bertz CT molecular complexity index is 395. The van der Waals surface area contributed by atoms with E-state index in [1.54, 1.807) is 0 Å². The number of hydrogen-bond acceptors (Lipinski definition) is 1. The minimum Gasteiger partial charge on any atom is -0.370 e. The number of aliphatic imine (C=N–C) groups is 1. The Morgan fingerprint density at radius 3 is 2.56 bits per heavy atom. The van der Waals surface area contributed by atoms with Gasteiger partial charge in [-0.05, 0) is 37.7 Å². The second-order valence-corrected chi connectivity index (χ2v) is 4.88. The third-order valence-electron chi connectivity index (χ3n) is 3.73. The zero-order valence-electron chi connectivity index (χ0n) is 11.3. The quantitative estimate of drug-likeness (QED) is 0.639. The first kappa shape index (κ1) is 12.9. The van der Waals surface area contributed by atoms with Gasteiger partial charge in [-0.25, -0.2) is 0 Å². The number of nitrogens with two attached hydrogens (primary N) is 1. The lowest BCUT2D eigenvalue weighted by Gasteiger charge is -2.19. The number of guanidine groups is 1. The lowest BCUT2D eigenvalue weighted by atomic mass is 10.1. The van der Waals surface area contributed by atoms with Crippen molar-refractivity contribution >= 4 is 5.96 Å². The van der Waals surface area contributed by atoms with Gasteiger partial charge < -0.3 is 10.6 Å². The van der Waals surface area contributed by atoms with Crippen molar-refractivity contribution in [2.24, 2.45) is 16.6 Å². The first-order valence-electron chi connectivity index (χ1n) is 6.86. The van der Waals surface area contributed by atoms with Crippen LogP contribution in [0.3, 0.4) is 0 Å². The molecule has 0 radical (unpaired) electrons. The molecular formula is C15H23N3. The van der Waals surface area contributed by atoms with Gasteiger partial charge in [-0.1, -0.05) is 30.3 Å². The van der Waals surface area contributed by atoms with Crippen molar-refractivity contribution in [3.05, 3.63) is 35.9 Å². The van der Waals surface area contributed by atoms with E-state index in [0.29, 0.717) is 17.8 Å². The highest BCUT2D eigenvalue weighted by Gasteiger charge is 2.37. The van der Waals surface area contributed by atoms with E-state index in [-0.39, 0.29) is 0 Å².